The number of alkyl halides is 3. The lowest BCUT2D eigenvalue weighted by Gasteiger charge is -2.40. The van der Waals surface area contributed by atoms with Crippen molar-refractivity contribution in [3.63, 3.8) is 0 Å². The number of rotatable bonds is 3. The van der Waals surface area contributed by atoms with Gasteiger partial charge in [0.25, 0.3) is 5.91 Å². The Hall–Kier alpha value is -1.99. The molecule has 2 atom stereocenters. The van der Waals surface area contributed by atoms with E-state index in [1.54, 1.807) is 6.92 Å². The predicted octanol–water partition coefficient (Wildman–Crippen LogP) is 2.82. The predicted molar refractivity (Wildman–Crippen MR) is 80.5 cm³/mol. The van der Waals surface area contributed by atoms with E-state index in [1.165, 1.54) is 13.0 Å². The van der Waals surface area contributed by atoms with Crippen LogP contribution in [0.4, 0.5) is 13.2 Å². The fourth-order valence-electron chi connectivity index (χ4n) is 3.06. The van der Waals surface area contributed by atoms with E-state index in [9.17, 15) is 22.8 Å². The molecule has 0 saturated carbocycles. The highest BCUT2D eigenvalue weighted by molar-refractivity contribution is 5.92. The van der Waals surface area contributed by atoms with Crippen LogP contribution in [-0.4, -0.2) is 41.5 Å². The molecule has 0 bridgehead atoms. The smallest absolute Gasteiger partial charge is 0.408 e. The van der Waals surface area contributed by atoms with Crippen LogP contribution in [0.5, 0.6) is 0 Å². The van der Waals surface area contributed by atoms with Crippen molar-refractivity contribution in [2.75, 3.05) is 6.54 Å². The van der Waals surface area contributed by atoms with Crippen molar-refractivity contribution < 1.29 is 27.2 Å². The fraction of sp³-hybridized carbons (Fsp3) is 0.625. The van der Waals surface area contributed by atoms with E-state index in [2.05, 4.69) is 5.32 Å². The molecule has 1 aliphatic heterocycles. The van der Waals surface area contributed by atoms with Crippen molar-refractivity contribution in [2.24, 2.45) is 0 Å². The van der Waals surface area contributed by atoms with Gasteiger partial charge in [0, 0.05) is 25.9 Å². The van der Waals surface area contributed by atoms with E-state index >= 15 is 0 Å². The number of nitrogens with zero attached hydrogens (tertiary/aromatic N) is 1. The van der Waals surface area contributed by atoms with Gasteiger partial charge < -0.3 is 14.6 Å². The zero-order chi connectivity index (χ0) is 18.1. The van der Waals surface area contributed by atoms with Crippen LogP contribution >= 0.6 is 0 Å². The van der Waals surface area contributed by atoms with Gasteiger partial charge in [0.05, 0.1) is 0 Å². The second-order valence-electron chi connectivity index (χ2n) is 6.06. The maximum Gasteiger partial charge on any atom is 0.408 e. The minimum absolute atomic E-state index is 0.0953. The Bertz CT molecular complexity index is 625. The van der Waals surface area contributed by atoms with Crippen LogP contribution in [0, 0.1) is 6.92 Å². The molecule has 134 valence electrons. The number of hydrogen-bond donors (Lipinski definition) is 1. The molecule has 24 heavy (non-hydrogen) atoms. The second-order valence-corrected chi connectivity index (χ2v) is 6.06. The standard InChI is InChI=1S/C16H21F3N2O3/c1-4-12-9(2)7-13(24-12)15(23)21-8-11(20-10(3)22)5-6-14(21)16(17,18)19/h7,11,14H,4-6,8H2,1-3H3,(H,20,22)/t11-,14+/m0/s1. The van der Waals surface area contributed by atoms with Gasteiger partial charge in [-0.15, -0.1) is 0 Å². The summed E-state index contributed by atoms with van der Waals surface area (Å²) in [5.41, 5.74) is 0.736. The summed E-state index contributed by atoms with van der Waals surface area (Å²) in [5.74, 6) is -0.644. The van der Waals surface area contributed by atoms with E-state index in [4.69, 9.17) is 4.42 Å². The number of piperidine rings is 1. The molecule has 2 heterocycles. The number of aryl methyl sites for hydroxylation is 2. The quantitative estimate of drug-likeness (QED) is 0.915. The van der Waals surface area contributed by atoms with Crippen molar-refractivity contribution >= 4 is 11.8 Å². The Kier molecular flexibility index (Phi) is 5.25. The van der Waals surface area contributed by atoms with Gasteiger partial charge in [-0.2, -0.15) is 13.2 Å². The van der Waals surface area contributed by atoms with Gasteiger partial charge in [-0.1, -0.05) is 6.92 Å². The van der Waals surface area contributed by atoms with Gasteiger partial charge in [-0.25, -0.2) is 0 Å². The minimum Gasteiger partial charge on any atom is -0.456 e. The molecule has 1 aromatic rings. The summed E-state index contributed by atoms with van der Waals surface area (Å²) >= 11 is 0. The van der Waals surface area contributed by atoms with E-state index in [1.807, 2.05) is 6.92 Å². The summed E-state index contributed by atoms with van der Waals surface area (Å²) in [7, 11) is 0. The van der Waals surface area contributed by atoms with Gasteiger partial charge in [-0.05, 0) is 31.4 Å². The molecule has 5 nitrogen and oxygen atoms in total. The zero-order valence-electron chi connectivity index (χ0n) is 13.9. The highest BCUT2D eigenvalue weighted by atomic mass is 19.4. The molecular weight excluding hydrogens is 325 g/mol. The molecule has 1 aliphatic rings. The Morgan fingerprint density at radius 1 is 1.38 bits per heavy atom. The SMILES string of the molecule is CCc1oc(C(=O)N2C[C@@H](NC(C)=O)CC[C@@H]2C(F)(F)F)cc1C. The van der Waals surface area contributed by atoms with Crippen LogP contribution < -0.4 is 5.32 Å². The lowest BCUT2D eigenvalue weighted by molar-refractivity contribution is -0.184. The second kappa shape index (κ2) is 6.86. The molecule has 0 unspecified atom stereocenters. The molecule has 1 fully saturated rings. The number of likely N-dealkylation sites (tertiary alicyclic amines) is 1. The summed E-state index contributed by atoms with van der Waals surface area (Å²) in [6.07, 6.45) is -4.05. The summed E-state index contributed by atoms with van der Waals surface area (Å²) in [4.78, 5) is 24.5. The third-order valence-electron chi connectivity index (χ3n) is 4.18. The third-order valence-corrected chi connectivity index (χ3v) is 4.18. The number of carbonyl (C=O) groups excluding carboxylic acids is 2. The van der Waals surface area contributed by atoms with Gasteiger partial charge in [0.1, 0.15) is 11.8 Å². The molecule has 8 heteroatoms. The van der Waals surface area contributed by atoms with Crippen LogP contribution in [0.25, 0.3) is 0 Å². The first-order valence-corrected chi connectivity index (χ1v) is 7.87. The maximum atomic E-state index is 13.3. The molecule has 1 saturated heterocycles. The van der Waals surface area contributed by atoms with Crippen LogP contribution in [0.3, 0.4) is 0 Å². The molecule has 1 N–H and O–H groups in total. The molecule has 0 radical (unpaired) electrons. The Balaban J connectivity index is 2.28. The molecule has 2 rings (SSSR count). The first-order chi connectivity index (χ1) is 11.1. The van der Waals surface area contributed by atoms with Gasteiger partial charge in [0.2, 0.25) is 5.91 Å². The van der Waals surface area contributed by atoms with Crippen LogP contribution in [-0.2, 0) is 11.2 Å². The number of furan rings is 1. The molecule has 2 amide bonds. The summed E-state index contributed by atoms with van der Waals surface area (Å²) in [6.45, 7) is 4.69. The van der Waals surface area contributed by atoms with Gasteiger partial charge in [-0.3, -0.25) is 9.59 Å². The highest BCUT2D eigenvalue weighted by Gasteiger charge is 2.48. The summed E-state index contributed by atoms with van der Waals surface area (Å²) in [6, 6.07) is -0.895. The number of halogens is 3. The van der Waals surface area contributed by atoms with Gasteiger partial charge in [0.15, 0.2) is 5.76 Å². The summed E-state index contributed by atoms with van der Waals surface area (Å²) < 4.78 is 45.3. The van der Waals surface area contributed by atoms with Crippen molar-refractivity contribution in [2.45, 2.75) is 58.3 Å². The minimum atomic E-state index is -4.52. The normalized spacial score (nSPS) is 21.7. The zero-order valence-corrected chi connectivity index (χ0v) is 13.9. The molecule has 0 aromatic carbocycles. The largest absolute Gasteiger partial charge is 0.456 e. The molecule has 0 aliphatic carbocycles. The lowest BCUT2D eigenvalue weighted by Crippen LogP contribution is -2.58. The molecule has 0 spiro atoms. The number of hydrogen-bond acceptors (Lipinski definition) is 3. The van der Waals surface area contributed by atoms with Crippen molar-refractivity contribution in [1.82, 2.24) is 10.2 Å². The van der Waals surface area contributed by atoms with Crippen molar-refractivity contribution in [1.29, 1.82) is 0 Å². The van der Waals surface area contributed by atoms with E-state index in [-0.39, 0.29) is 31.1 Å². The Morgan fingerprint density at radius 2 is 2.04 bits per heavy atom. The fourth-order valence-corrected chi connectivity index (χ4v) is 3.06. The number of amides is 2. The average Bonchev–Trinajstić information content (AvgIpc) is 2.85. The molecular formula is C16H21F3N2O3. The van der Waals surface area contributed by atoms with Gasteiger partial charge >= 0.3 is 6.18 Å². The van der Waals surface area contributed by atoms with E-state index in [0.717, 1.165) is 10.5 Å². The van der Waals surface area contributed by atoms with Crippen LogP contribution in [0.2, 0.25) is 0 Å². The third kappa shape index (κ3) is 3.91. The number of carbonyl (C=O) groups is 2. The monoisotopic (exact) mass is 346 g/mol. The first-order valence-electron chi connectivity index (χ1n) is 7.87. The van der Waals surface area contributed by atoms with E-state index in [0.29, 0.717) is 12.2 Å². The van der Waals surface area contributed by atoms with Crippen molar-refractivity contribution in [3.8, 4) is 0 Å². The Morgan fingerprint density at radius 3 is 2.54 bits per heavy atom. The average molecular weight is 346 g/mol. The van der Waals surface area contributed by atoms with E-state index < -0.39 is 24.2 Å². The highest BCUT2D eigenvalue weighted by Crippen LogP contribution is 2.33. The van der Waals surface area contributed by atoms with Crippen LogP contribution in [0.1, 0.15) is 48.6 Å². The van der Waals surface area contributed by atoms with Crippen molar-refractivity contribution in [3.05, 3.63) is 23.2 Å². The number of nitrogens with one attached hydrogen (secondary N) is 1. The maximum absolute atomic E-state index is 13.3. The molecule has 1 aromatic heterocycles. The topological polar surface area (TPSA) is 62.6 Å². The first kappa shape index (κ1) is 18.4. The summed E-state index contributed by atoms with van der Waals surface area (Å²) in [5, 5.41) is 2.59. The Labute approximate surface area is 138 Å². The lowest BCUT2D eigenvalue weighted by atomic mass is 9.97. The van der Waals surface area contributed by atoms with Crippen LogP contribution in [0.15, 0.2) is 10.5 Å².